The number of rotatable bonds is 3. The lowest BCUT2D eigenvalue weighted by atomic mass is 9.95. The summed E-state index contributed by atoms with van der Waals surface area (Å²) in [5.74, 6) is 0. The van der Waals surface area contributed by atoms with Crippen molar-refractivity contribution in [1.29, 1.82) is 0 Å². The van der Waals surface area contributed by atoms with Crippen molar-refractivity contribution in [2.75, 3.05) is 0 Å². The van der Waals surface area contributed by atoms with Crippen molar-refractivity contribution in [3.8, 4) is 0 Å². The molecule has 2 heteroatoms. The molecule has 1 atom stereocenters. The maximum atomic E-state index is 10.6. The Bertz CT molecular complexity index is 774. The molecule has 0 bridgehead atoms. The molecule has 1 nitrogen and oxygen atoms in total. The Morgan fingerprint density at radius 1 is 1.00 bits per heavy atom. The van der Waals surface area contributed by atoms with Crippen LogP contribution in [-0.2, 0) is 6.42 Å². The fourth-order valence-corrected chi connectivity index (χ4v) is 3.14. The summed E-state index contributed by atoms with van der Waals surface area (Å²) in [5, 5.41) is 13.0. The van der Waals surface area contributed by atoms with Gasteiger partial charge in [0.1, 0.15) is 0 Å². The average molecular weight is 341 g/mol. The summed E-state index contributed by atoms with van der Waals surface area (Å²) in [6.07, 6.45) is 0.131. The molecule has 3 rings (SSSR count). The normalized spacial score (nSPS) is 12.5. The minimum Gasteiger partial charge on any atom is -0.388 e. The van der Waals surface area contributed by atoms with Crippen LogP contribution in [0.3, 0.4) is 0 Å². The van der Waals surface area contributed by atoms with Gasteiger partial charge in [0.05, 0.1) is 6.10 Å². The molecule has 0 heterocycles. The molecule has 0 spiro atoms. The number of fused-ring (bicyclic) bond motifs is 1. The van der Waals surface area contributed by atoms with E-state index in [2.05, 4.69) is 46.3 Å². The number of aryl methyl sites for hydroxylation is 1. The average Bonchev–Trinajstić information content (AvgIpc) is 2.50. The van der Waals surface area contributed by atoms with Crippen LogP contribution in [0, 0.1) is 6.92 Å². The third-order valence-corrected chi connectivity index (χ3v) is 4.39. The second-order valence-corrected chi connectivity index (χ2v) is 6.27. The van der Waals surface area contributed by atoms with Crippen molar-refractivity contribution in [2.24, 2.45) is 0 Å². The molecular weight excluding hydrogens is 324 g/mol. The molecule has 0 aliphatic heterocycles. The lowest BCUT2D eigenvalue weighted by molar-refractivity contribution is 0.178. The standard InChI is InChI=1S/C19H17BrO/c1-13-9-10-16(20)12-18(13)19(21)11-15-7-4-6-14-5-2-3-8-17(14)15/h2-10,12,19,21H,11H2,1H3. The number of halogens is 1. The number of aliphatic hydroxyl groups is 1. The molecule has 0 amide bonds. The van der Waals surface area contributed by atoms with Gasteiger partial charge in [0, 0.05) is 10.9 Å². The maximum absolute atomic E-state index is 10.6. The van der Waals surface area contributed by atoms with Gasteiger partial charge in [0.2, 0.25) is 0 Å². The topological polar surface area (TPSA) is 20.2 Å². The van der Waals surface area contributed by atoms with E-state index in [1.54, 1.807) is 0 Å². The first kappa shape index (κ1) is 14.3. The molecule has 3 aromatic carbocycles. The van der Waals surface area contributed by atoms with E-state index in [4.69, 9.17) is 0 Å². The van der Waals surface area contributed by atoms with Crippen molar-refractivity contribution >= 4 is 26.7 Å². The predicted octanol–water partition coefficient (Wildman–Crippen LogP) is 5.19. The lowest BCUT2D eigenvalue weighted by Gasteiger charge is -2.15. The quantitative estimate of drug-likeness (QED) is 0.695. The molecule has 0 aliphatic rings. The first-order chi connectivity index (χ1) is 10.1. The Morgan fingerprint density at radius 2 is 1.76 bits per heavy atom. The van der Waals surface area contributed by atoms with Crippen LogP contribution in [0.4, 0.5) is 0 Å². The Balaban J connectivity index is 1.96. The van der Waals surface area contributed by atoms with Crippen molar-refractivity contribution in [3.05, 3.63) is 81.8 Å². The fourth-order valence-electron chi connectivity index (χ4n) is 2.76. The van der Waals surface area contributed by atoms with Crippen molar-refractivity contribution in [1.82, 2.24) is 0 Å². The third-order valence-electron chi connectivity index (χ3n) is 3.89. The highest BCUT2D eigenvalue weighted by atomic mass is 79.9. The van der Waals surface area contributed by atoms with E-state index in [0.717, 1.165) is 15.6 Å². The zero-order valence-electron chi connectivity index (χ0n) is 11.9. The van der Waals surface area contributed by atoms with Gasteiger partial charge in [-0.15, -0.1) is 0 Å². The van der Waals surface area contributed by atoms with Gasteiger partial charge in [-0.25, -0.2) is 0 Å². The third kappa shape index (κ3) is 3.02. The molecule has 0 aromatic heterocycles. The summed E-state index contributed by atoms with van der Waals surface area (Å²) < 4.78 is 1.00. The highest BCUT2D eigenvalue weighted by molar-refractivity contribution is 9.10. The number of benzene rings is 3. The van der Waals surface area contributed by atoms with Crippen molar-refractivity contribution in [2.45, 2.75) is 19.4 Å². The minimum absolute atomic E-state index is 0.492. The predicted molar refractivity (Wildman–Crippen MR) is 91.5 cm³/mol. The molecule has 0 saturated carbocycles. The van der Waals surface area contributed by atoms with E-state index in [0.29, 0.717) is 6.42 Å². The zero-order valence-corrected chi connectivity index (χ0v) is 13.5. The molecule has 1 N–H and O–H groups in total. The van der Waals surface area contributed by atoms with Gasteiger partial charge in [-0.3, -0.25) is 0 Å². The molecule has 0 fully saturated rings. The highest BCUT2D eigenvalue weighted by Gasteiger charge is 2.13. The van der Waals surface area contributed by atoms with E-state index in [9.17, 15) is 5.11 Å². The molecular formula is C19H17BrO. The van der Waals surface area contributed by atoms with Gasteiger partial charge in [0.15, 0.2) is 0 Å². The van der Waals surface area contributed by atoms with Gasteiger partial charge < -0.3 is 5.11 Å². The van der Waals surface area contributed by atoms with Gasteiger partial charge in [-0.05, 0) is 46.5 Å². The first-order valence-electron chi connectivity index (χ1n) is 7.06. The summed E-state index contributed by atoms with van der Waals surface area (Å²) in [6, 6.07) is 20.6. The highest BCUT2D eigenvalue weighted by Crippen LogP contribution is 2.28. The molecule has 0 aliphatic carbocycles. The fraction of sp³-hybridized carbons (Fsp3) is 0.158. The van der Waals surface area contributed by atoms with E-state index < -0.39 is 6.10 Å². The van der Waals surface area contributed by atoms with Crippen molar-refractivity contribution in [3.63, 3.8) is 0 Å². The van der Waals surface area contributed by atoms with Crippen LogP contribution >= 0.6 is 15.9 Å². The van der Waals surface area contributed by atoms with Crippen LogP contribution in [-0.4, -0.2) is 5.11 Å². The lowest BCUT2D eigenvalue weighted by Crippen LogP contribution is -2.04. The summed E-state index contributed by atoms with van der Waals surface area (Å²) in [7, 11) is 0. The van der Waals surface area contributed by atoms with Gasteiger partial charge >= 0.3 is 0 Å². The van der Waals surface area contributed by atoms with E-state index in [-0.39, 0.29) is 0 Å². The van der Waals surface area contributed by atoms with E-state index in [1.165, 1.54) is 16.3 Å². The second-order valence-electron chi connectivity index (χ2n) is 5.36. The Hall–Kier alpha value is -1.64. The van der Waals surface area contributed by atoms with Crippen LogP contribution in [0.5, 0.6) is 0 Å². The summed E-state index contributed by atoms with van der Waals surface area (Å²) in [6.45, 7) is 2.04. The largest absolute Gasteiger partial charge is 0.388 e. The number of hydrogen-bond acceptors (Lipinski definition) is 1. The molecule has 3 aromatic rings. The summed E-state index contributed by atoms with van der Waals surface area (Å²) in [5.41, 5.74) is 3.28. The number of aliphatic hydroxyl groups excluding tert-OH is 1. The van der Waals surface area contributed by atoms with Gasteiger partial charge in [0.25, 0.3) is 0 Å². The maximum Gasteiger partial charge on any atom is 0.0833 e. The van der Waals surface area contributed by atoms with E-state index >= 15 is 0 Å². The molecule has 106 valence electrons. The molecule has 21 heavy (non-hydrogen) atoms. The smallest absolute Gasteiger partial charge is 0.0833 e. The monoisotopic (exact) mass is 340 g/mol. The van der Waals surface area contributed by atoms with E-state index in [1.807, 2.05) is 37.3 Å². The van der Waals surface area contributed by atoms with Crippen LogP contribution in [0.15, 0.2) is 65.1 Å². The molecule has 1 unspecified atom stereocenters. The molecule has 0 radical (unpaired) electrons. The van der Waals surface area contributed by atoms with Gasteiger partial charge in [-0.1, -0.05) is 64.5 Å². The summed E-state index contributed by atoms with van der Waals surface area (Å²) in [4.78, 5) is 0. The van der Waals surface area contributed by atoms with Crippen LogP contribution in [0.2, 0.25) is 0 Å². The number of hydrogen-bond donors (Lipinski definition) is 1. The second kappa shape index (κ2) is 6.00. The summed E-state index contributed by atoms with van der Waals surface area (Å²) >= 11 is 3.48. The van der Waals surface area contributed by atoms with Crippen LogP contribution < -0.4 is 0 Å². The molecule has 0 saturated heterocycles. The zero-order chi connectivity index (χ0) is 14.8. The first-order valence-corrected chi connectivity index (χ1v) is 7.85. The SMILES string of the molecule is Cc1ccc(Br)cc1C(O)Cc1cccc2ccccc12. The van der Waals surface area contributed by atoms with Gasteiger partial charge in [-0.2, -0.15) is 0 Å². The van der Waals surface area contributed by atoms with Crippen LogP contribution in [0.25, 0.3) is 10.8 Å². The Labute approximate surface area is 133 Å². The van der Waals surface area contributed by atoms with Crippen molar-refractivity contribution < 1.29 is 5.11 Å². The Kier molecular flexibility index (Phi) is 4.09. The minimum atomic E-state index is -0.492. The Morgan fingerprint density at radius 3 is 2.62 bits per heavy atom. The van der Waals surface area contributed by atoms with Crippen LogP contribution in [0.1, 0.15) is 22.8 Å².